The van der Waals surface area contributed by atoms with Crippen LogP contribution in [-0.4, -0.2) is 32.8 Å². The summed E-state index contributed by atoms with van der Waals surface area (Å²) in [5.41, 5.74) is 1.02. The van der Waals surface area contributed by atoms with E-state index in [0.29, 0.717) is 30.2 Å². The first kappa shape index (κ1) is 18.6. The number of amides is 1. The van der Waals surface area contributed by atoms with E-state index in [1.165, 1.54) is 24.3 Å². The van der Waals surface area contributed by atoms with Gasteiger partial charge in [-0.3, -0.25) is 4.79 Å². The number of ether oxygens (including phenoxy) is 3. The summed E-state index contributed by atoms with van der Waals surface area (Å²) in [6, 6.07) is 11.2. The molecule has 1 atom stereocenters. The minimum Gasteiger partial charge on any atom is -0.493 e. The number of carbonyl (C=O) groups is 1. The number of halogens is 1. The molecule has 1 N–H and O–H groups in total. The van der Waals surface area contributed by atoms with Gasteiger partial charge in [-0.1, -0.05) is 6.07 Å². The molecule has 1 amide bonds. The first-order valence-corrected chi connectivity index (χ1v) is 7.94. The predicted molar refractivity (Wildman–Crippen MR) is 92.7 cm³/mol. The fourth-order valence-electron chi connectivity index (χ4n) is 2.28. The lowest BCUT2D eigenvalue weighted by molar-refractivity contribution is -0.127. The molecule has 0 fully saturated rings. The summed E-state index contributed by atoms with van der Waals surface area (Å²) < 4.78 is 28.8. The SMILES string of the molecule is COc1ccc(CCNC(=O)[C@@H](C)Oc2ccc(F)cc2)cc1OC. The third-order valence-electron chi connectivity index (χ3n) is 3.66. The van der Waals surface area contributed by atoms with E-state index in [9.17, 15) is 9.18 Å². The highest BCUT2D eigenvalue weighted by molar-refractivity contribution is 5.80. The smallest absolute Gasteiger partial charge is 0.260 e. The zero-order valence-electron chi connectivity index (χ0n) is 14.5. The van der Waals surface area contributed by atoms with Crippen LogP contribution in [0.25, 0.3) is 0 Å². The fourth-order valence-corrected chi connectivity index (χ4v) is 2.28. The second kappa shape index (κ2) is 8.92. The van der Waals surface area contributed by atoms with Crippen LogP contribution in [0.15, 0.2) is 42.5 Å². The maximum Gasteiger partial charge on any atom is 0.260 e. The van der Waals surface area contributed by atoms with Gasteiger partial charge in [0.15, 0.2) is 17.6 Å². The molecule has 2 aromatic carbocycles. The Morgan fingerprint density at radius 2 is 1.76 bits per heavy atom. The highest BCUT2D eigenvalue weighted by Gasteiger charge is 2.14. The summed E-state index contributed by atoms with van der Waals surface area (Å²) in [7, 11) is 3.16. The largest absolute Gasteiger partial charge is 0.493 e. The number of nitrogens with one attached hydrogen (secondary N) is 1. The number of benzene rings is 2. The third-order valence-corrected chi connectivity index (χ3v) is 3.66. The van der Waals surface area contributed by atoms with Gasteiger partial charge in [-0.15, -0.1) is 0 Å². The van der Waals surface area contributed by atoms with Gasteiger partial charge in [0.05, 0.1) is 14.2 Å². The molecule has 0 unspecified atom stereocenters. The third kappa shape index (κ3) is 5.38. The zero-order chi connectivity index (χ0) is 18.2. The van der Waals surface area contributed by atoms with Gasteiger partial charge >= 0.3 is 0 Å². The standard InChI is InChI=1S/C19H22FNO4/c1-13(25-16-7-5-15(20)6-8-16)19(22)21-11-10-14-4-9-17(23-2)18(12-14)24-3/h4-9,12-13H,10-11H2,1-3H3,(H,21,22)/t13-/m1/s1. The van der Waals surface area contributed by atoms with Crippen molar-refractivity contribution in [2.45, 2.75) is 19.4 Å². The van der Waals surface area contributed by atoms with Crippen molar-refractivity contribution in [1.82, 2.24) is 5.32 Å². The van der Waals surface area contributed by atoms with E-state index < -0.39 is 6.10 Å². The van der Waals surface area contributed by atoms with Crippen LogP contribution in [0.1, 0.15) is 12.5 Å². The van der Waals surface area contributed by atoms with E-state index in [0.717, 1.165) is 5.56 Å². The van der Waals surface area contributed by atoms with Gasteiger partial charge in [0.1, 0.15) is 11.6 Å². The van der Waals surface area contributed by atoms with E-state index in [1.54, 1.807) is 21.1 Å². The van der Waals surface area contributed by atoms with E-state index in [1.807, 2.05) is 18.2 Å². The Morgan fingerprint density at radius 1 is 1.08 bits per heavy atom. The molecular weight excluding hydrogens is 325 g/mol. The van der Waals surface area contributed by atoms with Crippen LogP contribution in [0.5, 0.6) is 17.2 Å². The number of carbonyl (C=O) groups excluding carboxylic acids is 1. The van der Waals surface area contributed by atoms with E-state index in [4.69, 9.17) is 14.2 Å². The molecule has 5 nitrogen and oxygen atoms in total. The number of hydrogen-bond donors (Lipinski definition) is 1. The van der Waals surface area contributed by atoms with Crippen molar-refractivity contribution in [3.8, 4) is 17.2 Å². The van der Waals surface area contributed by atoms with Crippen LogP contribution in [0.2, 0.25) is 0 Å². The fraction of sp³-hybridized carbons (Fsp3) is 0.316. The van der Waals surface area contributed by atoms with Crippen molar-refractivity contribution in [2.24, 2.45) is 0 Å². The minimum absolute atomic E-state index is 0.232. The van der Waals surface area contributed by atoms with Crippen molar-refractivity contribution in [3.05, 3.63) is 53.8 Å². The summed E-state index contributed by atoms with van der Waals surface area (Å²) in [4.78, 5) is 12.1. The lowest BCUT2D eigenvalue weighted by atomic mass is 10.1. The summed E-state index contributed by atoms with van der Waals surface area (Å²) in [5.74, 6) is 1.18. The topological polar surface area (TPSA) is 56.8 Å². The van der Waals surface area contributed by atoms with Gasteiger partial charge in [0.25, 0.3) is 5.91 Å². The molecule has 25 heavy (non-hydrogen) atoms. The monoisotopic (exact) mass is 347 g/mol. The molecule has 0 aliphatic carbocycles. The molecule has 0 saturated carbocycles. The Bertz CT molecular complexity index is 703. The number of rotatable bonds is 8. The lowest BCUT2D eigenvalue weighted by Gasteiger charge is -2.15. The zero-order valence-corrected chi connectivity index (χ0v) is 14.5. The quantitative estimate of drug-likeness (QED) is 0.798. The summed E-state index contributed by atoms with van der Waals surface area (Å²) in [6.07, 6.45) is -0.0223. The van der Waals surface area contributed by atoms with Gasteiger partial charge in [0, 0.05) is 6.54 Å². The second-order valence-corrected chi connectivity index (χ2v) is 5.44. The molecule has 0 aliphatic rings. The van der Waals surface area contributed by atoms with Crippen LogP contribution in [0, 0.1) is 5.82 Å². The van der Waals surface area contributed by atoms with Crippen LogP contribution >= 0.6 is 0 Å². The number of methoxy groups -OCH3 is 2. The molecule has 0 aliphatic heterocycles. The predicted octanol–water partition coefficient (Wildman–Crippen LogP) is 2.97. The Kier molecular flexibility index (Phi) is 6.62. The first-order valence-electron chi connectivity index (χ1n) is 7.94. The summed E-state index contributed by atoms with van der Waals surface area (Å²) in [5, 5.41) is 2.82. The second-order valence-electron chi connectivity index (χ2n) is 5.44. The Morgan fingerprint density at radius 3 is 2.40 bits per heavy atom. The van der Waals surface area contributed by atoms with Crippen molar-refractivity contribution in [3.63, 3.8) is 0 Å². The van der Waals surface area contributed by atoms with Crippen molar-refractivity contribution in [1.29, 1.82) is 0 Å². The number of hydrogen-bond acceptors (Lipinski definition) is 4. The highest BCUT2D eigenvalue weighted by Crippen LogP contribution is 2.27. The van der Waals surface area contributed by atoms with E-state index in [2.05, 4.69) is 5.32 Å². The molecule has 0 aromatic heterocycles. The van der Waals surface area contributed by atoms with Crippen molar-refractivity contribution >= 4 is 5.91 Å². The van der Waals surface area contributed by atoms with Gasteiger partial charge in [-0.05, 0) is 55.3 Å². The van der Waals surface area contributed by atoms with E-state index >= 15 is 0 Å². The van der Waals surface area contributed by atoms with Crippen LogP contribution in [0.3, 0.4) is 0 Å². The average molecular weight is 347 g/mol. The van der Waals surface area contributed by atoms with Gasteiger partial charge in [-0.25, -0.2) is 4.39 Å². The molecule has 2 rings (SSSR count). The lowest BCUT2D eigenvalue weighted by Crippen LogP contribution is -2.37. The van der Waals surface area contributed by atoms with Gasteiger partial charge < -0.3 is 19.5 Å². The van der Waals surface area contributed by atoms with Crippen molar-refractivity contribution in [2.75, 3.05) is 20.8 Å². The molecule has 2 aromatic rings. The summed E-state index contributed by atoms with van der Waals surface area (Å²) >= 11 is 0. The maximum atomic E-state index is 12.9. The molecule has 0 spiro atoms. The average Bonchev–Trinajstić information content (AvgIpc) is 2.63. The molecule has 6 heteroatoms. The molecule has 134 valence electrons. The Hall–Kier alpha value is -2.76. The molecule has 0 radical (unpaired) electrons. The van der Waals surface area contributed by atoms with Crippen LogP contribution in [-0.2, 0) is 11.2 Å². The molecular formula is C19H22FNO4. The van der Waals surface area contributed by atoms with Gasteiger partial charge in [-0.2, -0.15) is 0 Å². The first-order chi connectivity index (χ1) is 12.0. The Labute approximate surface area is 146 Å². The van der Waals surface area contributed by atoms with E-state index in [-0.39, 0.29) is 11.7 Å². The van der Waals surface area contributed by atoms with Crippen LogP contribution < -0.4 is 19.5 Å². The molecule has 0 bridgehead atoms. The van der Waals surface area contributed by atoms with Gasteiger partial charge in [0.2, 0.25) is 0 Å². The minimum atomic E-state index is -0.670. The normalized spacial score (nSPS) is 11.5. The molecule has 0 heterocycles. The van der Waals surface area contributed by atoms with Crippen LogP contribution in [0.4, 0.5) is 4.39 Å². The highest BCUT2D eigenvalue weighted by atomic mass is 19.1. The maximum absolute atomic E-state index is 12.9. The molecule has 0 saturated heterocycles. The summed E-state index contributed by atoms with van der Waals surface area (Å²) in [6.45, 7) is 2.11. The Balaban J connectivity index is 1.82. The van der Waals surface area contributed by atoms with Crippen molar-refractivity contribution < 1.29 is 23.4 Å².